The van der Waals surface area contributed by atoms with Crippen LogP contribution in [0.25, 0.3) is 27.3 Å². The van der Waals surface area contributed by atoms with E-state index in [1.54, 1.807) is 35.7 Å². The van der Waals surface area contributed by atoms with Crippen LogP contribution in [0.2, 0.25) is 0 Å². The molecule has 0 fully saturated rings. The fraction of sp³-hybridized carbons (Fsp3) is 0.167. The van der Waals surface area contributed by atoms with Crippen LogP contribution in [0.15, 0.2) is 74.1 Å². The number of thiophene rings is 1. The second-order valence-electron chi connectivity index (χ2n) is 7.29. The molecular weight excluding hydrogens is 456 g/mol. The molecule has 0 amide bonds. The maximum Gasteiger partial charge on any atom is 0.336 e. The van der Waals surface area contributed by atoms with Gasteiger partial charge in [0, 0.05) is 6.07 Å². The molecule has 5 aromatic rings. The minimum Gasteiger partial charge on any atom is -0.497 e. The molecule has 0 radical (unpaired) electrons. The summed E-state index contributed by atoms with van der Waals surface area (Å²) < 4.78 is 19.4. The van der Waals surface area contributed by atoms with Crippen LogP contribution in [0, 0.1) is 0 Å². The monoisotopic (exact) mass is 476 g/mol. The van der Waals surface area contributed by atoms with E-state index in [4.69, 9.17) is 14.0 Å². The fourth-order valence-electron chi connectivity index (χ4n) is 3.71. The van der Waals surface area contributed by atoms with Crippen molar-refractivity contribution in [2.24, 2.45) is 0 Å². The first-order valence-corrected chi connectivity index (χ1v) is 11.4. The number of ether oxygens (including phenoxy) is 2. The van der Waals surface area contributed by atoms with Crippen molar-refractivity contribution in [2.45, 2.75) is 13.5 Å². The molecule has 0 N–H and O–H groups in total. The Balaban J connectivity index is 1.60. The van der Waals surface area contributed by atoms with Crippen LogP contribution in [-0.4, -0.2) is 33.0 Å². The zero-order valence-electron chi connectivity index (χ0n) is 18.4. The van der Waals surface area contributed by atoms with Gasteiger partial charge < -0.3 is 14.0 Å². The van der Waals surface area contributed by atoms with Gasteiger partial charge in [0.2, 0.25) is 11.7 Å². The van der Waals surface area contributed by atoms with E-state index < -0.39 is 11.2 Å². The number of hydrogen-bond acceptors (Lipinski definition) is 8. The van der Waals surface area contributed by atoms with Crippen LogP contribution >= 0.6 is 11.3 Å². The lowest BCUT2D eigenvalue weighted by Crippen LogP contribution is -2.38. The molecule has 0 aliphatic heterocycles. The third-order valence-electron chi connectivity index (χ3n) is 5.26. The van der Waals surface area contributed by atoms with E-state index in [1.807, 2.05) is 31.2 Å². The number of hydrogen-bond donors (Lipinski definition) is 0. The number of nitrogens with zero attached hydrogens (tertiary/aromatic N) is 4. The molecule has 0 bridgehead atoms. The standard InChI is InChI=1S/C24H20N4O5S/c1-3-32-19-10-5-4-9-17(19)22-25-20(33-26-22)14-27-18-11-12-34-21(18)23(29)28(24(27)30)15-7-6-8-16(13-15)31-2/h4-13H,3,14H2,1-2H3. The fourth-order valence-corrected chi connectivity index (χ4v) is 4.54. The Bertz CT molecular complexity index is 1600. The Kier molecular flexibility index (Phi) is 5.72. The Morgan fingerprint density at radius 2 is 1.94 bits per heavy atom. The average molecular weight is 477 g/mol. The van der Waals surface area contributed by atoms with Crippen LogP contribution in [0.3, 0.4) is 0 Å². The summed E-state index contributed by atoms with van der Waals surface area (Å²) in [6.45, 7) is 2.40. The SMILES string of the molecule is CCOc1ccccc1-c1noc(Cn2c(=O)n(-c3cccc(OC)c3)c(=O)c3sccc32)n1. The molecule has 0 aliphatic carbocycles. The molecule has 10 heteroatoms. The minimum atomic E-state index is -0.515. The molecule has 0 saturated heterocycles. The summed E-state index contributed by atoms with van der Waals surface area (Å²) in [4.78, 5) is 31.1. The van der Waals surface area contributed by atoms with Crippen LogP contribution in [0.4, 0.5) is 0 Å². The van der Waals surface area contributed by atoms with Gasteiger partial charge in [-0.2, -0.15) is 4.98 Å². The van der Waals surface area contributed by atoms with Crippen molar-refractivity contribution >= 4 is 21.6 Å². The number of rotatable bonds is 7. The molecule has 172 valence electrons. The maximum atomic E-state index is 13.5. The van der Waals surface area contributed by atoms with Gasteiger partial charge in [0.1, 0.15) is 22.7 Å². The van der Waals surface area contributed by atoms with Crippen molar-refractivity contribution in [1.29, 1.82) is 0 Å². The van der Waals surface area contributed by atoms with Crippen molar-refractivity contribution in [3.05, 3.63) is 86.7 Å². The van der Waals surface area contributed by atoms with Gasteiger partial charge in [0.25, 0.3) is 5.56 Å². The zero-order chi connectivity index (χ0) is 23.7. The van der Waals surface area contributed by atoms with Gasteiger partial charge in [0.05, 0.1) is 30.5 Å². The lowest BCUT2D eigenvalue weighted by atomic mass is 10.2. The van der Waals surface area contributed by atoms with E-state index in [0.29, 0.717) is 45.4 Å². The zero-order valence-corrected chi connectivity index (χ0v) is 19.2. The Morgan fingerprint density at radius 3 is 2.76 bits per heavy atom. The Morgan fingerprint density at radius 1 is 1.09 bits per heavy atom. The molecule has 3 aromatic heterocycles. The van der Waals surface area contributed by atoms with E-state index in [0.717, 1.165) is 4.57 Å². The molecule has 2 aromatic carbocycles. The third-order valence-corrected chi connectivity index (χ3v) is 6.15. The average Bonchev–Trinajstić information content (AvgIpc) is 3.53. The van der Waals surface area contributed by atoms with E-state index in [2.05, 4.69) is 10.1 Å². The third kappa shape index (κ3) is 3.77. The van der Waals surface area contributed by atoms with Gasteiger partial charge in [-0.3, -0.25) is 9.36 Å². The lowest BCUT2D eigenvalue weighted by molar-refractivity contribution is 0.340. The Hall–Kier alpha value is -4.18. The maximum absolute atomic E-state index is 13.5. The first-order valence-electron chi connectivity index (χ1n) is 10.5. The first kappa shape index (κ1) is 21.7. The van der Waals surface area contributed by atoms with Crippen molar-refractivity contribution in [3.63, 3.8) is 0 Å². The van der Waals surface area contributed by atoms with Crippen molar-refractivity contribution in [1.82, 2.24) is 19.3 Å². The van der Waals surface area contributed by atoms with E-state index in [1.165, 1.54) is 23.0 Å². The molecule has 5 rings (SSSR count). The molecule has 0 saturated carbocycles. The summed E-state index contributed by atoms with van der Waals surface area (Å²) in [5, 5.41) is 5.85. The van der Waals surface area contributed by atoms with Gasteiger partial charge in [-0.05, 0) is 42.6 Å². The summed E-state index contributed by atoms with van der Waals surface area (Å²) in [7, 11) is 1.53. The molecule has 9 nitrogen and oxygen atoms in total. The van der Waals surface area contributed by atoms with Crippen molar-refractivity contribution in [2.75, 3.05) is 13.7 Å². The molecule has 0 aliphatic rings. The number of fused-ring (bicyclic) bond motifs is 1. The van der Waals surface area contributed by atoms with E-state index in [-0.39, 0.29) is 12.4 Å². The molecular formula is C24H20N4O5S. The minimum absolute atomic E-state index is 0.000116. The topological polar surface area (TPSA) is 101 Å². The summed E-state index contributed by atoms with van der Waals surface area (Å²) in [5.74, 6) is 1.76. The van der Waals surface area contributed by atoms with E-state index in [9.17, 15) is 9.59 Å². The Labute approximate surface area is 197 Å². The number of methoxy groups -OCH3 is 1. The van der Waals surface area contributed by atoms with Crippen molar-refractivity contribution < 1.29 is 14.0 Å². The molecule has 0 spiro atoms. The number of benzene rings is 2. The first-order chi connectivity index (χ1) is 16.6. The highest BCUT2D eigenvalue weighted by molar-refractivity contribution is 7.17. The predicted molar refractivity (Wildman–Crippen MR) is 128 cm³/mol. The summed E-state index contributed by atoms with van der Waals surface area (Å²) in [6.07, 6.45) is 0. The smallest absolute Gasteiger partial charge is 0.336 e. The highest BCUT2D eigenvalue weighted by Crippen LogP contribution is 2.28. The second kappa shape index (κ2) is 8.99. The van der Waals surface area contributed by atoms with Crippen LogP contribution in [0.1, 0.15) is 12.8 Å². The molecule has 0 atom stereocenters. The van der Waals surface area contributed by atoms with Gasteiger partial charge in [-0.15, -0.1) is 11.3 Å². The summed E-state index contributed by atoms with van der Waals surface area (Å²) in [5.41, 5.74) is 0.701. The molecule has 3 heterocycles. The number of aromatic nitrogens is 4. The van der Waals surface area contributed by atoms with Gasteiger partial charge >= 0.3 is 5.69 Å². The number of para-hydroxylation sites is 1. The summed E-state index contributed by atoms with van der Waals surface area (Å²) >= 11 is 1.27. The predicted octanol–water partition coefficient (Wildman–Crippen LogP) is 3.72. The van der Waals surface area contributed by atoms with Crippen molar-refractivity contribution in [3.8, 4) is 28.6 Å². The highest BCUT2D eigenvalue weighted by Gasteiger charge is 2.19. The van der Waals surface area contributed by atoms with Crippen LogP contribution in [0.5, 0.6) is 11.5 Å². The van der Waals surface area contributed by atoms with Gasteiger partial charge in [-0.25, -0.2) is 9.36 Å². The highest BCUT2D eigenvalue weighted by atomic mass is 32.1. The molecule has 0 unspecified atom stereocenters. The van der Waals surface area contributed by atoms with Gasteiger partial charge in [-0.1, -0.05) is 23.4 Å². The molecule has 34 heavy (non-hydrogen) atoms. The largest absolute Gasteiger partial charge is 0.497 e. The quantitative estimate of drug-likeness (QED) is 0.353. The second-order valence-corrected chi connectivity index (χ2v) is 8.20. The van der Waals surface area contributed by atoms with Crippen LogP contribution < -0.4 is 20.7 Å². The van der Waals surface area contributed by atoms with Crippen LogP contribution in [-0.2, 0) is 6.54 Å². The van der Waals surface area contributed by atoms with E-state index >= 15 is 0 Å². The summed E-state index contributed by atoms with van der Waals surface area (Å²) in [6, 6.07) is 15.9. The lowest BCUT2D eigenvalue weighted by Gasteiger charge is -2.11. The normalized spacial score (nSPS) is 11.1. The van der Waals surface area contributed by atoms with Gasteiger partial charge in [0.15, 0.2) is 0 Å².